The monoisotopic (exact) mass is 324 g/mol. The van der Waals surface area contributed by atoms with Crippen molar-refractivity contribution in [2.75, 3.05) is 0 Å². The van der Waals surface area contributed by atoms with Gasteiger partial charge >= 0.3 is 5.97 Å². The SMILES string of the molecule is CCC[C@H](/C=C/c1ccc(OCc2ccccc2)cc1)OC(C)=O. The van der Waals surface area contributed by atoms with E-state index in [1.165, 1.54) is 6.92 Å². The fraction of sp³-hybridized carbons (Fsp3) is 0.286. The van der Waals surface area contributed by atoms with Crippen molar-refractivity contribution in [3.8, 4) is 5.75 Å². The first-order valence-corrected chi connectivity index (χ1v) is 8.29. The lowest BCUT2D eigenvalue weighted by Crippen LogP contribution is -2.13. The van der Waals surface area contributed by atoms with Gasteiger partial charge in [-0.05, 0) is 35.8 Å². The van der Waals surface area contributed by atoms with Crippen LogP contribution >= 0.6 is 0 Å². The van der Waals surface area contributed by atoms with Crippen LogP contribution in [0, 0.1) is 0 Å². The number of esters is 1. The van der Waals surface area contributed by atoms with Gasteiger partial charge in [0.1, 0.15) is 18.5 Å². The van der Waals surface area contributed by atoms with Crippen molar-refractivity contribution in [2.45, 2.75) is 39.4 Å². The average molecular weight is 324 g/mol. The molecule has 0 saturated heterocycles. The molecule has 0 N–H and O–H groups in total. The summed E-state index contributed by atoms with van der Waals surface area (Å²) in [5.41, 5.74) is 2.19. The topological polar surface area (TPSA) is 35.5 Å². The van der Waals surface area contributed by atoms with Crippen LogP contribution in [0.3, 0.4) is 0 Å². The molecule has 0 aliphatic heterocycles. The minimum absolute atomic E-state index is 0.165. The number of benzene rings is 2. The smallest absolute Gasteiger partial charge is 0.303 e. The second kappa shape index (κ2) is 9.56. The van der Waals surface area contributed by atoms with Crippen molar-refractivity contribution in [2.24, 2.45) is 0 Å². The van der Waals surface area contributed by atoms with Crippen molar-refractivity contribution in [3.63, 3.8) is 0 Å². The van der Waals surface area contributed by atoms with E-state index in [4.69, 9.17) is 9.47 Å². The van der Waals surface area contributed by atoms with E-state index in [9.17, 15) is 4.79 Å². The fourth-order valence-electron chi connectivity index (χ4n) is 2.33. The van der Waals surface area contributed by atoms with E-state index in [2.05, 4.69) is 6.92 Å². The molecular formula is C21H24O3. The Morgan fingerprint density at radius 3 is 2.42 bits per heavy atom. The molecule has 126 valence electrons. The highest BCUT2D eigenvalue weighted by atomic mass is 16.5. The maximum absolute atomic E-state index is 11.1. The van der Waals surface area contributed by atoms with E-state index < -0.39 is 0 Å². The van der Waals surface area contributed by atoms with Gasteiger partial charge in [-0.25, -0.2) is 0 Å². The Kier molecular flexibility index (Phi) is 7.09. The quantitative estimate of drug-likeness (QED) is 0.640. The molecule has 2 aromatic carbocycles. The van der Waals surface area contributed by atoms with Gasteiger partial charge in [0.2, 0.25) is 0 Å². The van der Waals surface area contributed by atoms with Gasteiger partial charge in [0.15, 0.2) is 0 Å². The molecule has 0 aromatic heterocycles. The first-order chi connectivity index (χ1) is 11.7. The van der Waals surface area contributed by atoms with Crippen molar-refractivity contribution in [1.82, 2.24) is 0 Å². The van der Waals surface area contributed by atoms with Gasteiger partial charge in [0, 0.05) is 6.92 Å². The number of rotatable bonds is 8. The maximum Gasteiger partial charge on any atom is 0.303 e. The number of carbonyl (C=O) groups excluding carboxylic acids is 1. The Morgan fingerprint density at radius 1 is 1.08 bits per heavy atom. The van der Waals surface area contributed by atoms with Gasteiger partial charge in [-0.3, -0.25) is 4.79 Å². The third-order valence-corrected chi connectivity index (χ3v) is 3.52. The van der Waals surface area contributed by atoms with E-state index in [0.29, 0.717) is 6.61 Å². The lowest BCUT2D eigenvalue weighted by atomic mass is 10.1. The van der Waals surface area contributed by atoms with Crippen LogP contribution in [0.1, 0.15) is 37.8 Å². The standard InChI is InChI=1S/C21H24O3/c1-3-7-21(24-17(2)22)15-12-18-10-13-20(14-11-18)23-16-19-8-5-4-6-9-19/h4-6,8-15,21H,3,7,16H2,1-2H3/b15-12+/t21-/m1/s1. The predicted molar refractivity (Wildman–Crippen MR) is 96.7 cm³/mol. The number of hydrogen-bond acceptors (Lipinski definition) is 3. The lowest BCUT2D eigenvalue weighted by Gasteiger charge is -2.11. The van der Waals surface area contributed by atoms with Crippen LogP contribution in [0.25, 0.3) is 6.08 Å². The molecule has 0 aliphatic carbocycles. The molecule has 2 rings (SSSR count). The van der Waals surface area contributed by atoms with Crippen LogP contribution in [0.15, 0.2) is 60.7 Å². The zero-order chi connectivity index (χ0) is 17.2. The van der Waals surface area contributed by atoms with Crippen molar-refractivity contribution in [3.05, 3.63) is 71.8 Å². The third kappa shape index (κ3) is 6.29. The highest BCUT2D eigenvalue weighted by Gasteiger charge is 2.06. The molecule has 2 aromatic rings. The zero-order valence-electron chi connectivity index (χ0n) is 14.3. The Balaban J connectivity index is 1.90. The normalized spacial score (nSPS) is 12.1. The van der Waals surface area contributed by atoms with Crippen molar-refractivity contribution in [1.29, 1.82) is 0 Å². The summed E-state index contributed by atoms with van der Waals surface area (Å²) in [6.07, 6.45) is 5.54. The maximum atomic E-state index is 11.1. The molecule has 0 unspecified atom stereocenters. The molecular weight excluding hydrogens is 300 g/mol. The largest absolute Gasteiger partial charge is 0.489 e. The molecule has 0 saturated carbocycles. The van der Waals surface area contributed by atoms with Gasteiger partial charge in [0.25, 0.3) is 0 Å². The van der Waals surface area contributed by atoms with E-state index in [0.717, 1.165) is 29.7 Å². The van der Waals surface area contributed by atoms with Gasteiger partial charge in [-0.2, -0.15) is 0 Å². The average Bonchev–Trinajstić information content (AvgIpc) is 2.59. The zero-order valence-corrected chi connectivity index (χ0v) is 14.3. The molecule has 0 bridgehead atoms. The van der Waals surface area contributed by atoms with E-state index >= 15 is 0 Å². The molecule has 0 radical (unpaired) electrons. The summed E-state index contributed by atoms with van der Waals surface area (Å²) in [6.45, 7) is 4.07. The summed E-state index contributed by atoms with van der Waals surface area (Å²) in [5.74, 6) is 0.587. The van der Waals surface area contributed by atoms with Crippen LogP contribution in [-0.4, -0.2) is 12.1 Å². The first kappa shape index (κ1) is 17.8. The fourth-order valence-corrected chi connectivity index (χ4v) is 2.33. The highest BCUT2D eigenvalue weighted by Crippen LogP contribution is 2.16. The minimum Gasteiger partial charge on any atom is -0.489 e. The van der Waals surface area contributed by atoms with Crippen LogP contribution in [0.4, 0.5) is 0 Å². The molecule has 24 heavy (non-hydrogen) atoms. The summed E-state index contributed by atoms with van der Waals surface area (Å²) in [4.78, 5) is 11.1. The molecule has 0 spiro atoms. The van der Waals surface area contributed by atoms with Crippen LogP contribution in [-0.2, 0) is 16.1 Å². The van der Waals surface area contributed by atoms with Gasteiger partial charge < -0.3 is 9.47 Å². The summed E-state index contributed by atoms with van der Waals surface area (Å²) in [5, 5.41) is 0. The van der Waals surface area contributed by atoms with Gasteiger partial charge in [0.05, 0.1) is 0 Å². The molecule has 0 heterocycles. The Labute approximate surface area is 143 Å². The summed E-state index contributed by atoms with van der Waals surface area (Å²) in [6, 6.07) is 18.0. The molecule has 3 nitrogen and oxygen atoms in total. The third-order valence-electron chi connectivity index (χ3n) is 3.52. The summed E-state index contributed by atoms with van der Waals surface area (Å²) in [7, 11) is 0. The molecule has 0 aliphatic rings. The Bertz CT molecular complexity index is 645. The highest BCUT2D eigenvalue weighted by molar-refractivity contribution is 5.66. The predicted octanol–water partition coefficient (Wildman–Crippen LogP) is 5.01. The Morgan fingerprint density at radius 2 is 1.79 bits per heavy atom. The molecule has 3 heteroatoms. The van der Waals surface area contributed by atoms with Gasteiger partial charge in [-0.1, -0.05) is 61.9 Å². The minimum atomic E-state index is -0.247. The van der Waals surface area contributed by atoms with E-state index in [1.54, 1.807) is 0 Å². The Hall–Kier alpha value is -2.55. The van der Waals surface area contributed by atoms with Crippen molar-refractivity contribution < 1.29 is 14.3 Å². The van der Waals surface area contributed by atoms with Gasteiger partial charge in [-0.15, -0.1) is 0 Å². The lowest BCUT2D eigenvalue weighted by molar-refractivity contribution is -0.144. The van der Waals surface area contributed by atoms with Crippen LogP contribution < -0.4 is 4.74 Å². The number of carbonyl (C=O) groups is 1. The first-order valence-electron chi connectivity index (χ1n) is 8.29. The van der Waals surface area contributed by atoms with Crippen molar-refractivity contribution >= 4 is 12.0 Å². The van der Waals surface area contributed by atoms with E-state index in [-0.39, 0.29) is 12.1 Å². The molecule has 1 atom stereocenters. The number of ether oxygens (including phenoxy) is 2. The second-order valence-electron chi connectivity index (χ2n) is 5.64. The molecule has 0 amide bonds. The van der Waals surface area contributed by atoms with E-state index in [1.807, 2.05) is 66.7 Å². The number of hydrogen-bond donors (Lipinski definition) is 0. The summed E-state index contributed by atoms with van der Waals surface area (Å²) >= 11 is 0. The van der Waals surface area contributed by atoms with Crippen LogP contribution in [0.2, 0.25) is 0 Å². The van der Waals surface area contributed by atoms with Crippen LogP contribution in [0.5, 0.6) is 5.75 Å². The summed E-state index contributed by atoms with van der Waals surface area (Å²) < 4.78 is 11.0. The molecule has 0 fully saturated rings. The second-order valence-corrected chi connectivity index (χ2v) is 5.64.